The summed E-state index contributed by atoms with van der Waals surface area (Å²) in [5.41, 5.74) is 0.229. The minimum absolute atomic E-state index is 0.0924. The Hall–Kier alpha value is -3.95. The number of amides is 2. The zero-order valence-corrected chi connectivity index (χ0v) is 18.7. The molecule has 0 atom stereocenters. The zero-order valence-electron chi connectivity index (χ0n) is 18.7. The summed E-state index contributed by atoms with van der Waals surface area (Å²) in [6.07, 6.45) is -0.215. The SMILES string of the molecule is O=C(COc1cccc(NC(=O)c2ccco2)c1)Nc1cc(C(F)(F)F)ccc1N1CCCCC1. The summed E-state index contributed by atoms with van der Waals surface area (Å²) < 4.78 is 50.4. The molecule has 0 saturated carbocycles. The van der Waals surface area contributed by atoms with Gasteiger partial charge < -0.3 is 24.7 Å². The first-order valence-electron chi connectivity index (χ1n) is 11.1. The number of carbonyl (C=O) groups is 2. The molecule has 4 rings (SSSR count). The third-order valence-electron chi connectivity index (χ3n) is 5.50. The van der Waals surface area contributed by atoms with Crippen molar-refractivity contribution in [2.75, 3.05) is 35.2 Å². The molecule has 0 spiro atoms. The van der Waals surface area contributed by atoms with Gasteiger partial charge in [0.15, 0.2) is 12.4 Å². The van der Waals surface area contributed by atoms with Gasteiger partial charge in [-0.15, -0.1) is 0 Å². The Morgan fingerprint density at radius 2 is 1.77 bits per heavy atom. The first kappa shape index (κ1) is 24.2. The number of halogens is 3. The van der Waals surface area contributed by atoms with E-state index in [2.05, 4.69) is 10.6 Å². The highest BCUT2D eigenvalue weighted by Crippen LogP contribution is 2.36. The van der Waals surface area contributed by atoms with Gasteiger partial charge in [-0.2, -0.15) is 13.2 Å². The number of hydrogen-bond donors (Lipinski definition) is 2. The second kappa shape index (κ2) is 10.5. The average Bonchev–Trinajstić information content (AvgIpc) is 3.38. The van der Waals surface area contributed by atoms with E-state index in [0.29, 0.717) is 30.2 Å². The van der Waals surface area contributed by atoms with Gasteiger partial charge in [0, 0.05) is 24.8 Å². The topological polar surface area (TPSA) is 83.8 Å². The number of carbonyl (C=O) groups excluding carboxylic acids is 2. The smallest absolute Gasteiger partial charge is 0.416 e. The van der Waals surface area contributed by atoms with Crippen molar-refractivity contribution in [2.24, 2.45) is 0 Å². The lowest BCUT2D eigenvalue weighted by Crippen LogP contribution is -2.31. The number of piperidine rings is 1. The molecular weight excluding hydrogens is 463 g/mol. The largest absolute Gasteiger partial charge is 0.484 e. The molecule has 3 aromatic rings. The normalized spacial score (nSPS) is 13.9. The first-order valence-corrected chi connectivity index (χ1v) is 11.1. The summed E-state index contributed by atoms with van der Waals surface area (Å²) in [5, 5.41) is 5.22. The molecule has 10 heteroatoms. The van der Waals surface area contributed by atoms with Gasteiger partial charge in [-0.25, -0.2) is 0 Å². The molecule has 2 N–H and O–H groups in total. The van der Waals surface area contributed by atoms with Gasteiger partial charge in [-0.1, -0.05) is 6.07 Å². The second-order valence-electron chi connectivity index (χ2n) is 8.07. The van der Waals surface area contributed by atoms with Crippen molar-refractivity contribution in [3.8, 4) is 5.75 Å². The molecule has 1 fully saturated rings. The lowest BCUT2D eigenvalue weighted by atomic mass is 10.1. The standard InChI is InChI=1S/C25H24F3N3O4/c26-25(27,28)17-9-10-21(31-11-2-1-3-12-31)20(14-17)30-23(32)16-35-19-7-4-6-18(15-19)29-24(33)22-8-5-13-34-22/h4-10,13-15H,1-3,11-12,16H2,(H,29,33)(H,30,32). The lowest BCUT2D eigenvalue weighted by Gasteiger charge is -2.31. The maximum Gasteiger partial charge on any atom is 0.416 e. The second-order valence-corrected chi connectivity index (χ2v) is 8.07. The number of nitrogens with one attached hydrogen (secondary N) is 2. The minimum Gasteiger partial charge on any atom is -0.484 e. The van der Waals surface area contributed by atoms with Crippen molar-refractivity contribution in [3.63, 3.8) is 0 Å². The third-order valence-corrected chi connectivity index (χ3v) is 5.50. The van der Waals surface area contributed by atoms with E-state index >= 15 is 0 Å². The molecular formula is C25H24F3N3O4. The third kappa shape index (κ3) is 6.34. The van der Waals surface area contributed by atoms with Crippen LogP contribution in [0.1, 0.15) is 35.4 Å². The van der Waals surface area contributed by atoms with Crippen molar-refractivity contribution < 1.29 is 31.9 Å². The van der Waals surface area contributed by atoms with E-state index in [1.807, 2.05) is 4.90 Å². The van der Waals surface area contributed by atoms with Crippen molar-refractivity contribution in [3.05, 3.63) is 72.2 Å². The number of nitrogens with zero attached hydrogens (tertiary/aromatic N) is 1. The molecule has 0 unspecified atom stereocenters. The maximum atomic E-state index is 13.3. The fourth-order valence-corrected chi connectivity index (χ4v) is 3.82. The lowest BCUT2D eigenvalue weighted by molar-refractivity contribution is -0.137. The van der Waals surface area contributed by atoms with Crippen LogP contribution < -0.4 is 20.3 Å². The fraction of sp³-hybridized carbons (Fsp3) is 0.280. The summed E-state index contributed by atoms with van der Waals surface area (Å²) in [5.74, 6) is -0.605. The number of hydrogen-bond acceptors (Lipinski definition) is 5. The van der Waals surface area contributed by atoms with Crippen molar-refractivity contribution in [1.29, 1.82) is 0 Å². The number of anilines is 3. The highest BCUT2D eigenvalue weighted by Gasteiger charge is 2.32. The summed E-state index contributed by atoms with van der Waals surface area (Å²) >= 11 is 0. The monoisotopic (exact) mass is 487 g/mol. The van der Waals surface area contributed by atoms with Gasteiger partial charge in [0.25, 0.3) is 11.8 Å². The van der Waals surface area contributed by atoms with Crippen LogP contribution in [0.4, 0.5) is 30.2 Å². The molecule has 2 heterocycles. The van der Waals surface area contributed by atoms with Gasteiger partial charge >= 0.3 is 6.18 Å². The van der Waals surface area contributed by atoms with Crippen LogP contribution in [-0.2, 0) is 11.0 Å². The molecule has 1 aliphatic heterocycles. The highest BCUT2D eigenvalue weighted by atomic mass is 19.4. The van der Waals surface area contributed by atoms with Crippen LogP contribution in [0, 0.1) is 0 Å². The van der Waals surface area contributed by atoms with Gasteiger partial charge in [-0.3, -0.25) is 9.59 Å². The van der Waals surface area contributed by atoms with E-state index in [4.69, 9.17) is 9.15 Å². The van der Waals surface area contributed by atoms with Crippen LogP contribution in [0.2, 0.25) is 0 Å². The predicted octanol–water partition coefficient (Wildman–Crippen LogP) is 5.56. The van der Waals surface area contributed by atoms with E-state index in [1.54, 1.807) is 24.3 Å². The summed E-state index contributed by atoms with van der Waals surface area (Å²) in [7, 11) is 0. The Balaban J connectivity index is 1.42. The van der Waals surface area contributed by atoms with Gasteiger partial charge in [0.2, 0.25) is 0 Å². The first-order chi connectivity index (χ1) is 16.8. The van der Waals surface area contributed by atoms with Crippen LogP contribution >= 0.6 is 0 Å². The van der Waals surface area contributed by atoms with Crippen molar-refractivity contribution >= 4 is 28.9 Å². The Morgan fingerprint density at radius 1 is 0.971 bits per heavy atom. The van der Waals surface area contributed by atoms with E-state index in [1.165, 1.54) is 24.5 Å². The van der Waals surface area contributed by atoms with Crippen LogP contribution in [0.15, 0.2) is 65.3 Å². The van der Waals surface area contributed by atoms with Crippen LogP contribution in [-0.4, -0.2) is 31.5 Å². The number of furan rings is 1. The van der Waals surface area contributed by atoms with Crippen molar-refractivity contribution in [2.45, 2.75) is 25.4 Å². The Kier molecular flexibility index (Phi) is 7.28. The zero-order chi connectivity index (χ0) is 24.8. The minimum atomic E-state index is -4.53. The van der Waals surface area contributed by atoms with Gasteiger partial charge in [0.1, 0.15) is 5.75 Å². The number of benzene rings is 2. The van der Waals surface area contributed by atoms with Crippen LogP contribution in [0.5, 0.6) is 5.75 Å². The number of rotatable bonds is 7. The highest BCUT2D eigenvalue weighted by molar-refractivity contribution is 6.02. The summed E-state index contributed by atoms with van der Waals surface area (Å²) in [6.45, 7) is 0.994. The predicted molar refractivity (Wildman–Crippen MR) is 125 cm³/mol. The fourth-order valence-electron chi connectivity index (χ4n) is 3.82. The molecule has 0 aliphatic carbocycles. The molecule has 184 valence electrons. The van der Waals surface area contributed by atoms with Crippen LogP contribution in [0.3, 0.4) is 0 Å². The van der Waals surface area contributed by atoms with E-state index in [-0.39, 0.29) is 11.4 Å². The number of ether oxygens (including phenoxy) is 1. The van der Waals surface area contributed by atoms with Gasteiger partial charge in [0.05, 0.1) is 23.2 Å². The molecule has 1 aromatic heterocycles. The van der Waals surface area contributed by atoms with E-state index in [0.717, 1.165) is 31.4 Å². The van der Waals surface area contributed by atoms with Crippen LogP contribution in [0.25, 0.3) is 0 Å². The van der Waals surface area contributed by atoms with E-state index in [9.17, 15) is 22.8 Å². The molecule has 0 radical (unpaired) electrons. The van der Waals surface area contributed by atoms with Crippen molar-refractivity contribution in [1.82, 2.24) is 0 Å². The Labute approximate surface area is 199 Å². The Bertz CT molecular complexity index is 1170. The molecule has 1 aliphatic rings. The molecule has 2 aromatic carbocycles. The maximum absolute atomic E-state index is 13.3. The summed E-state index contributed by atoms with van der Waals surface area (Å²) in [6, 6.07) is 12.9. The Morgan fingerprint density at radius 3 is 2.49 bits per heavy atom. The van der Waals surface area contributed by atoms with Gasteiger partial charge in [-0.05, 0) is 61.7 Å². The summed E-state index contributed by atoms with van der Waals surface area (Å²) in [4.78, 5) is 26.7. The quantitative estimate of drug-likeness (QED) is 0.456. The number of alkyl halides is 3. The molecule has 35 heavy (non-hydrogen) atoms. The molecule has 1 saturated heterocycles. The molecule has 2 amide bonds. The van der Waals surface area contributed by atoms with E-state index < -0.39 is 30.2 Å². The average molecular weight is 487 g/mol. The molecule has 7 nitrogen and oxygen atoms in total. The molecule has 0 bridgehead atoms.